The van der Waals surface area contributed by atoms with Crippen LogP contribution in [0.1, 0.15) is 21.5 Å². The number of carbonyl (C=O) groups is 1. The van der Waals surface area contributed by atoms with Crippen molar-refractivity contribution in [3.63, 3.8) is 0 Å². The summed E-state index contributed by atoms with van der Waals surface area (Å²) >= 11 is 0. The summed E-state index contributed by atoms with van der Waals surface area (Å²) in [6, 6.07) is 10.9. The van der Waals surface area contributed by atoms with E-state index in [2.05, 4.69) is 15.6 Å². The van der Waals surface area contributed by atoms with Gasteiger partial charge in [0.1, 0.15) is 0 Å². The number of anilines is 3. The first-order valence-electron chi connectivity index (χ1n) is 7.98. The van der Waals surface area contributed by atoms with Gasteiger partial charge in [0.05, 0.1) is 17.4 Å². The molecule has 1 heterocycles. The highest BCUT2D eigenvalue weighted by molar-refractivity contribution is 6.04. The molecule has 0 aliphatic carbocycles. The van der Waals surface area contributed by atoms with Crippen LogP contribution in [-0.4, -0.2) is 10.9 Å². The van der Waals surface area contributed by atoms with Gasteiger partial charge in [-0.05, 0) is 49.2 Å². The minimum atomic E-state index is -1.02. The molecule has 6 heteroatoms. The third-order valence-electron chi connectivity index (χ3n) is 3.85. The van der Waals surface area contributed by atoms with Crippen molar-refractivity contribution in [3.05, 3.63) is 83.2 Å². The smallest absolute Gasteiger partial charge is 0.257 e. The Hall–Kier alpha value is -3.28. The third-order valence-corrected chi connectivity index (χ3v) is 3.85. The number of hydrogen-bond acceptors (Lipinski definition) is 3. The zero-order valence-corrected chi connectivity index (χ0v) is 14.3. The SMILES string of the molecule is Cc1ccc(C)c(Nc2cncc(C(=O)Nc3ccc(F)c(F)c3)c2)c1. The first-order chi connectivity index (χ1) is 12.4. The van der Waals surface area contributed by atoms with E-state index in [-0.39, 0.29) is 5.69 Å². The van der Waals surface area contributed by atoms with Crippen LogP contribution in [0.2, 0.25) is 0 Å². The van der Waals surface area contributed by atoms with Crippen molar-refractivity contribution in [1.82, 2.24) is 4.98 Å². The lowest BCUT2D eigenvalue weighted by atomic mass is 10.1. The number of nitrogens with one attached hydrogen (secondary N) is 2. The number of aromatic nitrogens is 1. The zero-order valence-electron chi connectivity index (χ0n) is 14.3. The number of rotatable bonds is 4. The lowest BCUT2D eigenvalue weighted by Gasteiger charge is -2.11. The van der Waals surface area contributed by atoms with Gasteiger partial charge >= 0.3 is 0 Å². The van der Waals surface area contributed by atoms with Crippen molar-refractivity contribution in [3.8, 4) is 0 Å². The topological polar surface area (TPSA) is 54.0 Å². The van der Waals surface area contributed by atoms with E-state index >= 15 is 0 Å². The third kappa shape index (κ3) is 4.03. The molecule has 0 fully saturated rings. The summed E-state index contributed by atoms with van der Waals surface area (Å²) in [5.41, 5.74) is 4.21. The van der Waals surface area contributed by atoms with Crippen LogP contribution in [0.25, 0.3) is 0 Å². The summed E-state index contributed by atoms with van der Waals surface area (Å²) < 4.78 is 26.2. The van der Waals surface area contributed by atoms with Gasteiger partial charge in [0, 0.05) is 23.6 Å². The summed E-state index contributed by atoms with van der Waals surface area (Å²) in [5.74, 6) is -2.45. The highest BCUT2D eigenvalue weighted by Crippen LogP contribution is 2.22. The van der Waals surface area contributed by atoms with E-state index in [1.807, 2.05) is 32.0 Å². The van der Waals surface area contributed by atoms with Gasteiger partial charge in [-0.2, -0.15) is 0 Å². The first kappa shape index (κ1) is 17.5. The van der Waals surface area contributed by atoms with E-state index in [4.69, 9.17) is 0 Å². The lowest BCUT2D eigenvalue weighted by molar-refractivity contribution is 0.102. The second-order valence-corrected chi connectivity index (χ2v) is 5.99. The molecule has 0 atom stereocenters. The minimum absolute atomic E-state index is 0.168. The van der Waals surface area contributed by atoms with Gasteiger partial charge in [0.25, 0.3) is 5.91 Å². The van der Waals surface area contributed by atoms with Crippen molar-refractivity contribution in [2.24, 2.45) is 0 Å². The van der Waals surface area contributed by atoms with Crippen LogP contribution in [0.15, 0.2) is 54.9 Å². The molecule has 1 amide bonds. The summed E-state index contributed by atoms with van der Waals surface area (Å²) in [7, 11) is 0. The van der Waals surface area contributed by atoms with E-state index < -0.39 is 17.5 Å². The molecular weight excluding hydrogens is 336 g/mol. The van der Waals surface area contributed by atoms with Gasteiger partial charge in [-0.1, -0.05) is 12.1 Å². The van der Waals surface area contributed by atoms with Gasteiger partial charge in [0.2, 0.25) is 0 Å². The van der Waals surface area contributed by atoms with E-state index in [0.717, 1.165) is 28.9 Å². The maximum absolute atomic E-state index is 13.3. The van der Waals surface area contributed by atoms with E-state index in [0.29, 0.717) is 11.3 Å². The summed E-state index contributed by atoms with van der Waals surface area (Å²) in [6.45, 7) is 3.98. The predicted octanol–water partition coefficient (Wildman–Crippen LogP) is 4.97. The monoisotopic (exact) mass is 353 g/mol. The Bertz CT molecular complexity index is 973. The molecule has 0 spiro atoms. The average molecular weight is 353 g/mol. The van der Waals surface area contributed by atoms with Gasteiger partial charge in [-0.3, -0.25) is 9.78 Å². The van der Waals surface area contributed by atoms with Crippen molar-refractivity contribution in [2.75, 3.05) is 10.6 Å². The quantitative estimate of drug-likeness (QED) is 0.696. The fraction of sp³-hybridized carbons (Fsp3) is 0.100. The summed E-state index contributed by atoms with van der Waals surface area (Å²) in [5, 5.41) is 5.76. The number of nitrogens with zero attached hydrogens (tertiary/aromatic N) is 1. The summed E-state index contributed by atoms with van der Waals surface area (Å²) in [6.07, 6.45) is 3.01. The molecule has 0 saturated carbocycles. The van der Waals surface area contributed by atoms with Crippen molar-refractivity contribution >= 4 is 23.0 Å². The van der Waals surface area contributed by atoms with Crippen LogP contribution < -0.4 is 10.6 Å². The van der Waals surface area contributed by atoms with Crippen LogP contribution in [0.5, 0.6) is 0 Å². The normalized spacial score (nSPS) is 10.5. The standard InChI is InChI=1S/C20H17F2N3O/c1-12-3-4-13(2)19(7-12)24-16-8-14(10-23-11-16)20(26)25-15-5-6-17(21)18(22)9-15/h3-11,24H,1-2H3,(H,25,26). The molecule has 0 radical (unpaired) electrons. The Labute approximate surface area is 149 Å². The highest BCUT2D eigenvalue weighted by atomic mass is 19.2. The van der Waals surface area contributed by atoms with Crippen LogP contribution in [-0.2, 0) is 0 Å². The molecule has 3 aromatic rings. The fourth-order valence-electron chi connectivity index (χ4n) is 2.44. The second-order valence-electron chi connectivity index (χ2n) is 5.99. The minimum Gasteiger partial charge on any atom is -0.354 e. The molecule has 0 bridgehead atoms. The molecule has 3 rings (SSSR count). The fourth-order valence-corrected chi connectivity index (χ4v) is 2.44. The maximum Gasteiger partial charge on any atom is 0.257 e. The van der Waals surface area contributed by atoms with Crippen LogP contribution in [0, 0.1) is 25.5 Å². The van der Waals surface area contributed by atoms with E-state index in [9.17, 15) is 13.6 Å². The highest BCUT2D eigenvalue weighted by Gasteiger charge is 2.10. The lowest BCUT2D eigenvalue weighted by Crippen LogP contribution is -2.13. The second kappa shape index (κ2) is 7.31. The Kier molecular flexibility index (Phi) is 4.93. The zero-order chi connectivity index (χ0) is 18.7. The van der Waals surface area contributed by atoms with Crippen LogP contribution >= 0.6 is 0 Å². The molecule has 0 saturated heterocycles. The first-order valence-corrected chi connectivity index (χ1v) is 7.98. The molecular formula is C20H17F2N3O. The molecule has 2 aromatic carbocycles. The largest absolute Gasteiger partial charge is 0.354 e. The van der Waals surface area contributed by atoms with Gasteiger partial charge in [0.15, 0.2) is 11.6 Å². The number of halogens is 2. The van der Waals surface area contributed by atoms with Crippen LogP contribution in [0.4, 0.5) is 25.8 Å². The molecule has 132 valence electrons. The number of aryl methyl sites for hydroxylation is 2. The Balaban J connectivity index is 1.78. The van der Waals surface area contributed by atoms with E-state index in [1.165, 1.54) is 12.3 Å². The van der Waals surface area contributed by atoms with Gasteiger partial charge < -0.3 is 10.6 Å². The number of benzene rings is 2. The van der Waals surface area contributed by atoms with Gasteiger partial charge in [-0.25, -0.2) is 8.78 Å². The molecule has 0 unspecified atom stereocenters. The molecule has 4 nitrogen and oxygen atoms in total. The number of pyridine rings is 1. The van der Waals surface area contributed by atoms with Crippen molar-refractivity contribution in [1.29, 1.82) is 0 Å². The Morgan fingerprint density at radius 1 is 0.923 bits per heavy atom. The number of amides is 1. The van der Waals surface area contributed by atoms with Crippen molar-refractivity contribution in [2.45, 2.75) is 13.8 Å². The Morgan fingerprint density at radius 2 is 1.73 bits per heavy atom. The molecule has 1 aromatic heterocycles. The van der Waals surface area contributed by atoms with Gasteiger partial charge in [-0.15, -0.1) is 0 Å². The predicted molar refractivity (Wildman–Crippen MR) is 97.7 cm³/mol. The molecule has 0 aliphatic rings. The average Bonchev–Trinajstić information content (AvgIpc) is 2.61. The maximum atomic E-state index is 13.3. The molecule has 2 N–H and O–H groups in total. The van der Waals surface area contributed by atoms with E-state index in [1.54, 1.807) is 12.3 Å². The number of carbonyl (C=O) groups excluding carboxylic acids is 1. The van der Waals surface area contributed by atoms with Crippen LogP contribution in [0.3, 0.4) is 0 Å². The summed E-state index contributed by atoms with van der Waals surface area (Å²) in [4.78, 5) is 16.4. The molecule has 26 heavy (non-hydrogen) atoms. The van der Waals surface area contributed by atoms with Crippen molar-refractivity contribution < 1.29 is 13.6 Å². The number of hydrogen-bond donors (Lipinski definition) is 2. The Morgan fingerprint density at radius 3 is 2.50 bits per heavy atom. The molecule has 0 aliphatic heterocycles.